The Balaban J connectivity index is 1.73. The molecule has 0 amide bonds. The molecule has 0 radical (unpaired) electrons. The van der Waals surface area contributed by atoms with E-state index >= 15 is 0 Å². The van der Waals surface area contributed by atoms with Gasteiger partial charge in [0, 0.05) is 30.0 Å². The fourth-order valence-electron chi connectivity index (χ4n) is 2.84. The topological polar surface area (TPSA) is 77.2 Å². The molecule has 3 aromatic rings. The minimum atomic E-state index is 0.788. The highest BCUT2D eigenvalue weighted by molar-refractivity contribution is 5.59. The lowest BCUT2D eigenvalue weighted by Gasteiger charge is -2.02. The summed E-state index contributed by atoms with van der Waals surface area (Å²) in [6, 6.07) is 0. The zero-order valence-electron chi connectivity index (χ0n) is 14.2. The number of nitrogens with one attached hydrogen (secondary N) is 1. The van der Waals surface area contributed by atoms with Crippen molar-refractivity contribution in [1.82, 2.24) is 35.0 Å². The summed E-state index contributed by atoms with van der Waals surface area (Å²) in [4.78, 5) is 0. The fourth-order valence-corrected chi connectivity index (χ4v) is 2.84. The lowest BCUT2D eigenvalue weighted by atomic mass is 10.1. The SMILES string of the molecule is CCCn1ncc(-c2cn(CCc3c(C)n[nH]c3C)nn2)c1C. The molecule has 0 atom stereocenters. The van der Waals surface area contributed by atoms with E-state index in [0.29, 0.717) is 0 Å². The van der Waals surface area contributed by atoms with Gasteiger partial charge < -0.3 is 0 Å². The van der Waals surface area contributed by atoms with Crippen molar-refractivity contribution < 1.29 is 0 Å². The van der Waals surface area contributed by atoms with Crippen molar-refractivity contribution in [3.63, 3.8) is 0 Å². The van der Waals surface area contributed by atoms with Gasteiger partial charge in [0.05, 0.1) is 18.1 Å². The highest BCUT2D eigenvalue weighted by Crippen LogP contribution is 2.20. The van der Waals surface area contributed by atoms with Gasteiger partial charge in [-0.1, -0.05) is 12.1 Å². The third-order valence-electron chi connectivity index (χ3n) is 4.22. The summed E-state index contributed by atoms with van der Waals surface area (Å²) in [6.07, 6.45) is 5.83. The van der Waals surface area contributed by atoms with E-state index in [2.05, 4.69) is 39.5 Å². The first-order chi connectivity index (χ1) is 11.1. The van der Waals surface area contributed by atoms with E-state index in [1.54, 1.807) is 0 Å². The smallest absolute Gasteiger partial charge is 0.116 e. The first-order valence-corrected chi connectivity index (χ1v) is 8.03. The number of hydrogen-bond donors (Lipinski definition) is 1. The van der Waals surface area contributed by atoms with Crippen LogP contribution in [0.15, 0.2) is 12.4 Å². The number of aromatic nitrogens is 7. The number of rotatable bonds is 6. The van der Waals surface area contributed by atoms with Crippen LogP contribution < -0.4 is 0 Å². The van der Waals surface area contributed by atoms with Gasteiger partial charge in [0.15, 0.2) is 0 Å². The quantitative estimate of drug-likeness (QED) is 0.758. The van der Waals surface area contributed by atoms with Gasteiger partial charge in [0.1, 0.15) is 5.69 Å². The Hall–Kier alpha value is -2.44. The first-order valence-electron chi connectivity index (χ1n) is 8.03. The van der Waals surface area contributed by atoms with Crippen molar-refractivity contribution in [2.45, 2.75) is 53.6 Å². The molecule has 0 aliphatic rings. The van der Waals surface area contributed by atoms with Gasteiger partial charge in [-0.2, -0.15) is 10.2 Å². The van der Waals surface area contributed by atoms with Crippen LogP contribution in [0.4, 0.5) is 0 Å². The minimum Gasteiger partial charge on any atom is -0.282 e. The summed E-state index contributed by atoms with van der Waals surface area (Å²) >= 11 is 0. The maximum Gasteiger partial charge on any atom is 0.116 e. The first kappa shape index (κ1) is 15.5. The predicted molar refractivity (Wildman–Crippen MR) is 88.0 cm³/mol. The van der Waals surface area contributed by atoms with Crippen LogP contribution in [0.2, 0.25) is 0 Å². The number of aryl methyl sites for hydroxylation is 4. The molecule has 7 heteroatoms. The predicted octanol–water partition coefficient (Wildman–Crippen LogP) is 2.44. The summed E-state index contributed by atoms with van der Waals surface area (Å²) < 4.78 is 3.91. The van der Waals surface area contributed by atoms with Crippen molar-refractivity contribution in [3.8, 4) is 11.3 Å². The van der Waals surface area contributed by atoms with Gasteiger partial charge in [-0.3, -0.25) is 14.5 Å². The summed E-state index contributed by atoms with van der Waals surface area (Å²) in [5.41, 5.74) is 6.51. The second-order valence-electron chi connectivity index (χ2n) is 5.90. The Morgan fingerprint density at radius 2 is 2.00 bits per heavy atom. The highest BCUT2D eigenvalue weighted by atomic mass is 15.4. The zero-order valence-corrected chi connectivity index (χ0v) is 14.2. The molecule has 0 spiro atoms. The van der Waals surface area contributed by atoms with Crippen LogP contribution >= 0.6 is 0 Å². The van der Waals surface area contributed by atoms with Crippen LogP contribution in [0.5, 0.6) is 0 Å². The molecule has 7 nitrogen and oxygen atoms in total. The second-order valence-corrected chi connectivity index (χ2v) is 5.90. The van der Waals surface area contributed by atoms with Crippen LogP contribution in [-0.2, 0) is 19.5 Å². The molecule has 3 heterocycles. The molecule has 122 valence electrons. The molecular weight excluding hydrogens is 290 g/mol. The maximum absolute atomic E-state index is 4.43. The Morgan fingerprint density at radius 3 is 2.70 bits per heavy atom. The summed E-state index contributed by atoms with van der Waals surface area (Å²) in [5, 5.41) is 20.2. The number of aromatic amines is 1. The molecule has 0 aliphatic heterocycles. The van der Waals surface area contributed by atoms with E-state index in [1.807, 2.05) is 35.6 Å². The molecule has 1 N–H and O–H groups in total. The molecule has 0 saturated carbocycles. The second kappa shape index (κ2) is 6.36. The molecular formula is C16H23N7. The molecule has 3 rings (SSSR count). The number of H-pyrrole nitrogens is 1. The number of hydrogen-bond acceptors (Lipinski definition) is 4. The van der Waals surface area contributed by atoms with Gasteiger partial charge in [0.2, 0.25) is 0 Å². The standard InChI is InChI=1S/C16H23N7/c1-5-7-23-13(4)15(9-17-23)16-10-22(21-20-16)8-6-14-11(2)18-19-12(14)3/h9-10H,5-8H2,1-4H3,(H,18,19). The van der Waals surface area contributed by atoms with Crippen molar-refractivity contribution in [3.05, 3.63) is 35.0 Å². The van der Waals surface area contributed by atoms with Crippen molar-refractivity contribution in [2.24, 2.45) is 0 Å². The molecule has 0 unspecified atom stereocenters. The van der Waals surface area contributed by atoms with Crippen LogP contribution in [0, 0.1) is 20.8 Å². The number of nitrogens with zero attached hydrogens (tertiary/aromatic N) is 6. The van der Waals surface area contributed by atoms with E-state index in [4.69, 9.17) is 0 Å². The Labute approximate surface area is 135 Å². The van der Waals surface area contributed by atoms with E-state index in [0.717, 1.165) is 54.3 Å². The molecule has 0 aliphatic carbocycles. The zero-order chi connectivity index (χ0) is 16.4. The Morgan fingerprint density at radius 1 is 1.17 bits per heavy atom. The molecule has 0 saturated heterocycles. The van der Waals surface area contributed by atoms with Gasteiger partial charge in [0.25, 0.3) is 0 Å². The normalized spacial score (nSPS) is 11.3. The molecule has 3 aromatic heterocycles. The van der Waals surface area contributed by atoms with Crippen molar-refractivity contribution in [1.29, 1.82) is 0 Å². The average Bonchev–Trinajstić information content (AvgIpc) is 3.20. The lowest BCUT2D eigenvalue weighted by molar-refractivity contribution is 0.587. The third-order valence-corrected chi connectivity index (χ3v) is 4.22. The monoisotopic (exact) mass is 313 g/mol. The van der Waals surface area contributed by atoms with Crippen molar-refractivity contribution >= 4 is 0 Å². The third kappa shape index (κ3) is 3.04. The lowest BCUT2D eigenvalue weighted by Crippen LogP contribution is -2.03. The Bertz CT molecular complexity index is 774. The fraction of sp³-hybridized carbons (Fsp3) is 0.500. The Kier molecular flexibility index (Phi) is 4.27. The van der Waals surface area contributed by atoms with Crippen LogP contribution in [0.25, 0.3) is 11.3 Å². The summed E-state index contributed by atoms with van der Waals surface area (Å²) in [5.74, 6) is 0. The van der Waals surface area contributed by atoms with E-state index in [9.17, 15) is 0 Å². The minimum absolute atomic E-state index is 0.788. The average molecular weight is 313 g/mol. The maximum atomic E-state index is 4.43. The highest BCUT2D eigenvalue weighted by Gasteiger charge is 2.12. The molecule has 0 fully saturated rings. The largest absolute Gasteiger partial charge is 0.282 e. The molecule has 0 bridgehead atoms. The van der Waals surface area contributed by atoms with E-state index < -0.39 is 0 Å². The van der Waals surface area contributed by atoms with Crippen LogP contribution in [0.1, 0.15) is 36.0 Å². The van der Waals surface area contributed by atoms with Gasteiger partial charge in [-0.15, -0.1) is 5.10 Å². The van der Waals surface area contributed by atoms with Gasteiger partial charge in [-0.05, 0) is 39.2 Å². The van der Waals surface area contributed by atoms with Gasteiger partial charge >= 0.3 is 0 Å². The molecule has 23 heavy (non-hydrogen) atoms. The summed E-state index contributed by atoms with van der Waals surface area (Å²) in [6.45, 7) is 10.0. The van der Waals surface area contributed by atoms with Crippen LogP contribution in [0.3, 0.4) is 0 Å². The van der Waals surface area contributed by atoms with Crippen molar-refractivity contribution in [2.75, 3.05) is 0 Å². The van der Waals surface area contributed by atoms with Gasteiger partial charge in [-0.25, -0.2) is 0 Å². The van der Waals surface area contributed by atoms with Crippen LogP contribution in [-0.4, -0.2) is 35.0 Å². The summed E-state index contributed by atoms with van der Waals surface area (Å²) in [7, 11) is 0. The van der Waals surface area contributed by atoms with E-state index in [-0.39, 0.29) is 0 Å². The van der Waals surface area contributed by atoms with E-state index in [1.165, 1.54) is 5.56 Å². The molecule has 0 aromatic carbocycles.